The normalized spacial score (nSPS) is 10.9. The van der Waals surface area contributed by atoms with Crippen molar-refractivity contribution in [1.82, 2.24) is 0 Å². The maximum absolute atomic E-state index is 12.7. The van der Waals surface area contributed by atoms with Crippen LogP contribution in [0, 0.1) is 0 Å². The van der Waals surface area contributed by atoms with E-state index in [1.165, 1.54) is 6.04 Å². The molecule has 4 heteroatoms. The first-order valence-corrected chi connectivity index (χ1v) is 6.99. The van der Waals surface area contributed by atoms with E-state index < -0.39 is 20.0 Å². The molecule has 0 amide bonds. The lowest BCUT2D eigenvalue weighted by molar-refractivity contribution is 0.436. The van der Waals surface area contributed by atoms with Crippen molar-refractivity contribution in [2.45, 2.75) is 38.9 Å². The topological polar surface area (TPSA) is 0 Å². The van der Waals surface area contributed by atoms with Gasteiger partial charge in [-0.2, -0.15) is 0 Å². The monoisotopic (exact) mass is 246 g/mol. The van der Waals surface area contributed by atoms with Gasteiger partial charge in [-0.05, 0) is 28.7 Å². The highest BCUT2D eigenvalue weighted by Crippen LogP contribution is 2.22. The quantitative estimate of drug-likeness (QED) is 0.677. The molecule has 0 aliphatic rings. The molecular formula is C12H17F3Si. The summed E-state index contributed by atoms with van der Waals surface area (Å²) in [5.41, 5.74) is 1.73. The van der Waals surface area contributed by atoms with Crippen molar-refractivity contribution in [1.29, 1.82) is 0 Å². The first-order chi connectivity index (χ1) is 7.76. The molecule has 0 unspecified atom stereocenters. The average Bonchev–Trinajstić information content (AvgIpc) is 2.34. The van der Waals surface area contributed by atoms with E-state index in [0.29, 0.717) is 11.1 Å². The lowest BCUT2D eigenvalue weighted by Crippen LogP contribution is -1.99. The standard InChI is InChI=1S/C12H17F3Si/c13-6-10-4-9(2-1-3-16)5-11(7-14)12(10)8-15/h4-5H,1-3,6-8H2,16H3. The molecule has 90 valence electrons. The molecule has 0 N–H and O–H groups in total. The number of halogens is 3. The van der Waals surface area contributed by atoms with Gasteiger partial charge < -0.3 is 0 Å². The Hall–Kier alpha value is -0.773. The van der Waals surface area contributed by atoms with Crippen LogP contribution < -0.4 is 0 Å². The van der Waals surface area contributed by atoms with Crippen molar-refractivity contribution in [3.8, 4) is 0 Å². The fourth-order valence-corrected chi connectivity index (χ4v) is 2.16. The van der Waals surface area contributed by atoms with Gasteiger partial charge in [0.15, 0.2) is 0 Å². The predicted octanol–water partition coefficient (Wildman–Crippen LogP) is 2.81. The van der Waals surface area contributed by atoms with Gasteiger partial charge in [-0.3, -0.25) is 0 Å². The Labute approximate surface area is 97.3 Å². The van der Waals surface area contributed by atoms with Crippen molar-refractivity contribution in [3.05, 3.63) is 34.4 Å². The molecule has 0 aromatic heterocycles. The molecule has 0 heterocycles. The van der Waals surface area contributed by atoms with Gasteiger partial charge in [0.1, 0.15) is 20.0 Å². The van der Waals surface area contributed by atoms with Crippen molar-refractivity contribution in [2.75, 3.05) is 0 Å². The van der Waals surface area contributed by atoms with E-state index in [0.717, 1.165) is 28.6 Å². The molecule has 0 aliphatic heterocycles. The number of hydrogen-bond acceptors (Lipinski definition) is 0. The van der Waals surface area contributed by atoms with E-state index >= 15 is 0 Å². The van der Waals surface area contributed by atoms with Gasteiger partial charge in [0, 0.05) is 10.2 Å². The van der Waals surface area contributed by atoms with Crippen LogP contribution in [0.3, 0.4) is 0 Å². The highest BCUT2D eigenvalue weighted by atomic mass is 28.1. The summed E-state index contributed by atoms with van der Waals surface area (Å²) in [7, 11) is 1.14. The van der Waals surface area contributed by atoms with Gasteiger partial charge in [-0.15, -0.1) is 0 Å². The van der Waals surface area contributed by atoms with Crippen LogP contribution in [0.4, 0.5) is 13.2 Å². The summed E-state index contributed by atoms with van der Waals surface area (Å²) in [4.78, 5) is 0. The Morgan fingerprint density at radius 1 is 0.938 bits per heavy atom. The highest BCUT2D eigenvalue weighted by Gasteiger charge is 2.10. The first-order valence-electron chi connectivity index (χ1n) is 5.58. The Bertz CT molecular complexity index is 314. The molecule has 1 aromatic rings. The number of aryl methyl sites for hydroxylation is 1. The van der Waals surface area contributed by atoms with Crippen molar-refractivity contribution < 1.29 is 13.2 Å². The van der Waals surface area contributed by atoms with E-state index in [1.807, 2.05) is 0 Å². The Morgan fingerprint density at radius 3 is 1.88 bits per heavy atom. The lowest BCUT2D eigenvalue weighted by Gasteiger charge is -2.11. The Kier molecular flexibility index (Phi) is 5.59. The second-order valence-corrected chi connectivity index (χ2v) is 4.90. The zero-order valence-corrected chi connectivity index (χ0v) is 11.5. The number of rotatable bonds is 6. The van der Waals surface area contributed by atoms with Crippen LogP contribution in [0.5, 0.6) is 0 Å². The summed E-state index contributed by atoms with van der Waals surface area (Å²) >= 11 is 0. The maximum Gasteiger partial charge on any atom is 0.115 e. The van der Waals surface area contributed by atoms with E-state index in [4.69, 9.17) is 0 Å². The molecule has 1 aromatic carbocycles. The van der Waals surface area contributed by atoms with Gasteiger partial charge in [0.25, 0.3) is 0 Å². The summed E-state index contributed by atoms with van der Waals surface area (Å²) in [6.07, 6.45) is 1.87. The molecule has 0 nitrogen and oxygen atoms in total. The molecule has 0 atom stereocenters. The lowest BCUT2D eigenvalue weighted by atomic mass is 9.97. The molecule has 1 rings (SSSR count). The fraction of sp³-hybridized carbons (Fsp3) is 0.500. The van der Waals surface area contributed by atoms with Crippen molar-refractivity contribution in [2.24, 2.45) is 0 Å². The Morgan fingerprint density at radius 2 is 1.50 bits per heavy atom. The number of benzene rings is 1. The van der Waals surface area contributed by atoms with Gasteiger partial charge >= 0.3 is 0 Å². The van der Waals surface area contributed by atoms with E-state index in [2.05, 4.69) is 0 Å². The molecule has 0 aliphatic carbocycles. The van der Waals surface area contributed by atoms with Gasteiger partial charge in [-0.25, -0.2) is 13.2 Å². The largest absolute Gasteiger partial charge is 0.246 e. The zero-order valence-electron chi connectivity index (χ0n) is 9.53. The van der Waals surface area contributed by atoms with E-state index in [1.54, 1.807) is 12.1 Å². The number of hydrogen-bond donors (Lipinski definition) is 0. The summed E-state index contributed by atoms with van der Waals surface area (Å²) in [5.74, 6) is 0. The fourth-order valence-electron chi connectivity index (χ4n) is 1.81. The minimum atomic E-state index is -0.792. The van der Waals surface area contributed by atoms with E-state index in [-0.39, 0.29) is 5.56 Å². The average molecular weight is 246 g/mol. The summed E-state index contributed by atoms with van der Waals surface area (Å²) in [6.45, 7) is -2.23. The molecule has 0 bridgehead atoms. The smallest absolute Gasteiger partial charge is 0.115 e. The van der Waals surface area contributed by atoms with Gasteiger partial charge in [0.05, 0.1) is 0 Å². The first kappa shape index (κ1) is 13.3. The minimum absolute atomic E-state index is 0.194. The van der Waals surface area contributed by atoms with E-state index in [9.17, 15) is 13.2 Å². The Balaban J connectivity index is 3.05. The second-order valence-electron chi connectivity index (χ2n) is 3.90. The molecule has 16 heavy (non-hydrogen) atoms. The van der Waals surface area contributed by atoms with Crippen LogP contribution in [0.1, 0.15) is 28.7 Å². The molecule has 0 radical (unpaired) electrons. The van der Waals surface area contributed by atoms with Crippen LogP contribution in [-0.2, 0) is 26.4 Å². The van der Waals surface area contributed by atoms with Crippen LogP contribution in [-0.4, -0.2) is 10.2 Å². The van der Waals surface area contributed by atoms with Crippen LogP contribution in [0.15, 0.2) is 12.1 Å². The summed E-state index contributed by atoms with van der Waals surface area (Å²) in [6, 6.07) is 4.51. The molecule has 0 spiro atoms. The third-order valence-corrected chi connectivity index (χ3v) is 3.44. The van der Waals surface area contributed by atoms with Gasteiger partial charge in [-0.1, -0.05) is 24.6 Å². The van der Waals surface area contributed by atoms with Crippen LogP contribution in [0.25, 0.3) is 0 Å². The minimum Gasteiger partial charge on any atom is -0.246 e. The maximum atomic E-state index is 12.7. The number of alkyl halides is 3. The van der Waals surface area contributed by atoms with Crippen LogP contribution >= 0.6 is 0 Å². The summed E-state index contributed by atoms with van der Waals surface area (Å²) in [5, 5.41) is 0. The summed E-state index contributed by atoms with van der Waals surface area (Å²) < 4.78 is 38.1. The third kappa shape index (κ3) is 3.11. The second kappa shape index (κ2) is 6.73. The van der Waals surface area contributed by atoms with Crippen molar-refractivity contribution >= 4 is 10.2 Å². The molecule has 0 saturated heterocycles. The predicted molar refractivity (Wildman–Crippen MR) is 63.9 cm³/mol. The SMILES string of the molecule is FCc1cc(CCC[SiH3])cc(CF)c1CF. The third-order valence-electron chi connectivity index (χ3n) is 2.74. The molecular weight excluding hydrogens is 229 g/mol. The van der Waals surface area contributed by atoms with Crippen molar-refractivity contribution in [3.63, 3.8) is 0 Å². The van der Waals surface area contributed by atoms with Gasteiger partial charge in [0.2, 0.25) is 0 Å². The van der Waals surface area contributed by atoms with Crippen LogP contribution in [0.2, 0.25) is 6.04 Å². The zero-order chi connectivity index (χ0) is 12.0. The highest BCUT2D eigenvalue weighted by molar-refractivity contribution is 6.08. The molecule has 0 fully saturated rings. The molecule has 0 saturated carbocycles.